The maximum Gasteiger partial charge on any atom is 0.290 e. The summed E-state index contributed by atoms with van der Waals surface area (Å²) in [7, 11) is 0. The van der Waals surface area contributed by atoms with Gasteiger partial charge in [-0.05, 0) is 36.0 Å². The van der Waals surface area contributed by atoms with Crippen molar-refractivity contribution in [1.82, 2.24) is 20.3 Å². The molecule has 0 saturated carbocycles. The van der Waals surface area contributed by atoms with Crippen LogP contribution in [0.3, 0.4) is 0 Å². The van der Waals surface area contributed by atoms with Gasteiger partial charge in [0.15, 0.2) is 0 Å². The Bertz CT molecular complexity index is 865. The van der Waals surface area contributed by atoms with Crippen molar-refractivity contribution >= 4 is 40.8 Å². The van der Waals surface area contributed by atoms with Crippen molar-refractivity contribution in [1.29, 1.82) is 0 Å². The third-order valence-electron chi connectivity index (χ3n) is 4.12. The van der Waals surface area contributed by atoms with E-state index in [1.807, 2.05) is 18.2 Å². The summed E-state index contributed by atoms with van der Waals surface area (Å²) in [6, 6.07) is 7.61. The molecular weight excluding hydrogens is 352 g/mol. The SMILES string of the molecule is O=C1NC(=O)/C(=C\c2ccnc(N3CCN(c4ccccn4)CC3)n2)S1. The second-order valence-corrected chi connectivity index (χ2v) is 6.81. The quantitative estimate of drug-likeness (QED) is 0.816. The molecule has 0 aliphatic carbocycles. The van der Waals surface area contributed by atoms with Crippen molar-refractivity contribution in [2.75, 3.05) is 36.0 Å². The van der Waals surface area contributed by atoms with Gasteiger partial charge >= 0.3 is 0 Å². The van der Waals surface area contributed by atoms with Crippen molar-refractivity contribution in [3.63, 3.8) is 0 Å². The molecule has 0 atom stereocenters. The molecule has 2 amide bonds. The van der Waals surface area contributed by atoms with E-state index in [2.05, 4.69) is 30.1 Å². The Morgan fingerprint density at radius 2 is 1.81 bits per heavy atom. The number of nitrogens with zero attached hydrogens (tertiary/aromatic N) is 5. The van der Waals surface area contributed by atoms with Gasteiger partial charge in [-0.3, -0.25) is 14.9 Å². The molecule has 8 nitrogen and oxygen atoms in total. The van der Waals surface area contributed by atoms with Gasteiger partial charge in [0.05, 0.1) is 10.6 Å². The highest BCUT2D eigenvalue weighted by molar-refractivity contribution is 8.18. The third kappa shape index (κ3) is 3.52. The van der Waals surface area contributed by atoms with Gasteiger partial charge in [0.1, 0.15) is 5.82 Å². The molecule has 0 aromatic carbocycles. The summed E-state index contributed by atoms with van der Waals surface area (Å²) >= 11 is 0.882. The van der Waals surface area contributed by atoms with Crippen LogP contribution >= 0.6 is 11.8 Å². The third-order valence-corrected chi connectivity index (χ3v) is 4.93. The fourth-order valence-electron chi connectivity index (χ4n) is 2.83. The molecule has 0 unspecified atom stereocenters. The van der Waals surface area contributed by atoms with E-state index in [1.54, 1.807) is 24.5 Å². The molecule has 9 heteroatoms. The summed E-state index contributed by atoms with van der Waals surface area (Å²) in [4.78, 5) is 40.8. The van der Waals surface area contributed by atoms with E-state index < -0.39 is 0 Å². The Kier molecular flexibility index (Phi) is 4.53. The van der Waals surface area contributed by atoms with Gasteiger partial charge < -0.3 is 9.80 Å². The first-order chi connectivity index (χ1) is 12.7. The van der Waals surface area contributed by atoms with Crippen molar-refractivity contribution in [2.24, 2.45) is 0 Å². The zero-order valence-corrected chi connectivity index (χ0v) is 14.6. The highest BCUT2D eigenvalue weighted by Crippen LogP contribution is 2.25. The lowest BCUT2D eigenvalue weighted by Crippen LogP contribution is -2.47. The number of hydrogen-bond acceptors (Lipinski definition) is 8. The molecule has 2 fully saturated rings. The van der Waals surface area contributed by atoms with Crippen LogP contribution in [0.1, 0.15) is 5.69 Å². The van der Waals surface area contributed by atoms with Gasteiger partial charge in [0, 0.05) is 38.6 Å². The van der Waals surface area contributed by atoms with Crippen LogP contribution in [0.4, 0.5) is 16.6 Å². The number of thioether (sulfide) groups is 1. The van der Waals surface area contributed by atoms with Crippen LogP contribution in [0.2, 0.25) is 0 Å². The van der Waals surface area contributed by atoms with E-state index in [1.165, 1.54) is 0 Å². The second-order valence-electron chi connectivity index (χ2n) is 5.80. The largest absolute Gasteiger partial charge is 0.353 e. The van der Waals surface area contributed by atoms with Gasteiger partial charge in [-0.2, -0.15) is 0 Å². The summed E-state index contributed by atoms with van der Waals surface area (Å²) in [5.74, 6) is 1.21. The van der Waals surface area contributed by atoms with Gasteiger partial charge in [0.25, 0.3) is 11.1 Å². The molecule has 0 spiro atoms. The summed E-state index contributed by atoms with van der Waals surface area (Å²) in [6.45, 7) is 3.23. The number of anilines is 2. The molecule has 1 N–H and O–H groups in total. The molecule has 0 radical (unpaired) electrons. The first kappa shape index (κ1) is 16.5. The molecule has 2 saturated heterocycles. The number of carbonyl (C=O) groups is 2. The lowest BCUT2D eigenvalue weighted by atomic mass is 10.3. The van der Waals surface area contributed by atoms with E-state index in [-0.39, 0.29) is 11.1 Å². The monoisotopic (exact) mass is 368 g/mol. The number of aromatic nitrogens is 3. The molecule has 2 aromatic rings. The van der Waals surface area contributed by atoms with E-state index in [0.717, 1.165) is 43.8 Å². The van der Waals surface area contributed by atoms with Crippen LogP contribution in [-0.4, -0.2) is 52.3 Å². The average molecular weight is 368 g/mol. The number of carbonyl (C=O) groups excluding carboxylic acids is 2. The smallest absolute Gasteiger partial charge is 0.290 e. The Labute approximate surface area is 154 Å². The van der Waals surface area contributed by atoms with Gasteiger partial charge in [-0.15, -0.1) is 0 Å². The number of pyridine rings is 1. The molecule has 2 aliphatic rings. The number of piperazine rings is 1. The Morgan fingerprint density at radius 3 is 2.50 bits per heavy atom. The van der Waals surface area contributed by atoms with Gasteiger partial charge in [0.2, 0.25) is 5.95 Å². The molecule has 2 aliphatic heterocycles. The fourth-order valence-corrected chi connectivity index (χ4v) is 3.49. The summed E-state index contributed by atoms with van der Waals surface area (Å²) in [5.41, 5.74) is 0.606. The van der Waals surface area contributed by atoms with Crippen LogP contribution < -0.4 is 15.1 Å². The van der Waals surface area contributed by atoms with Gasteiger partial charge in [-0.25, -0.2) is 15.0 Å². The predicted molar refractivity (Wildman–Crippen MR) is 99.8 cm³/mol. The number of amides is 2. The zero-order valence-electron chi connectivity index (χ0n) is 13.8. The van der Waals surface area contributed by atoms with Crippen molar-refractivity contribution < 1.29 is 9.59 Å². The summed E-state index contributed by atoms with van der Waals surface area (Å²) in [5, 5.41) is 1.88. The van der Waals surface area contributed by atoms with Crippen molar-refractivity contribution in [2.45, 2.75) is 0 Å². The highest BCUT2D eigenvalue weighted by Gasteiger charge is 2.25. The normalized spacial score (nSPS) is 19.2. The van der Waals surface area contributed by atoms with Crippen LogP contribution in [-0.2, 0) is 4.79 Å². The maximum atomic E-state index is 11.7. The predicted octanol–water partition coefficient (Wildman–Crippen LogP) is 1.52. The average Bonchev–Trinajstić information content (AvgIpc) is 3.00. The minimum Gasteiger partial charge on any atom is -0.353 e. The molecule has 4 heterocycles. The molecule has 2 aromatic heterocycles. The van der Waals surface area contributed by atoms with E-state index >= 15 is 0 Å². The second kappa shape index (κ2) is 7.12. The van der Waals surface area contributed by atoms with Crippen molar-refractivity contribution in [3.8, 4) is 0 Å². The first-order valence-electron chi connectivity index (χ1n) is 8.18. The molecule has 4 rings (SSSR count). The Balaban J connectivity index is 1.45. The highest BCUT2D eigenvalue weighted by atomic mass is 32.2. The topological polar surface area (TPSA) is 91.3 Å². The number of hydrogen-bond donors (Lipinski definition) is 1. The van der Waals surface area contributed by atoms with Crippen LogP contribution in [0, 0.1) is 0 Å². The molecule has 26 heavy (non-hydrogen) atoms. The molecule has 0 bridgehead atoms. The first-order valence-corrected chi connectivity index (χ1v) is 8.99. The van der Waals surface area contributed by atoms with Gasteiger partial charge in [-0.1, -0.05) is 6.07 Å². The standard InChI is InChI=1S/C17H16N6O2S/c24-15-13(26-17(25)21-15)11-12-4-6-19-16(20-12)23-9-7-22(8-10-23)14-3-1-2-5-18-14/h1-6,11H,7-10H2,(H,21,24,25)/b13-11+. The Morgan fingerprint density at radius 1 is 1.00 bits per heavy atom. The van der Waals surface area contributed by atoms with Crippen LogP contribution in [0.5, 0.6) is 0 Å². The minimum absolute atomic E-state index is 0.347. The fraction of sp³-hybridized carbons (Fsp3) is 0.235. The van der Waals surface area contributed by atoms with Crippen molar-refractivity contribution in [3.05, 3.63) is 47.3 Å². The maximum absolute atomic E-state index is 11.7. The minimum atomic E-state index is -0.385. The van der Waals surface area contributed by atoms with Crippen LogP contribution in [0.25, 0.3) is 6.08 Å². The number of rotatable bonds is 3. The lowest BCUT2D eigenvalue weighted by Gasteiger charge is -2.35. The van der Waals surface area contributed by atoms with E-state index in [9.17, 15) is 9.59 Å². The zero-order chi connectivity index (χ0) is 17.9. The number of imide groups is 1. The van der Waals surface area contributed by atoms with Crippen LogP contribution in [0.15, 0.2) is 41.6 Å². The molecule has 132 valence electrons. The Hall–Kier alpha value is -2.94. The lowest BCUT2D eigenvalue weighted by molar-refractivity contribution is -0.115. The summed E-state index contributed by atoms with van der Waals surface area (Å²) in [6.07, 6.45) is 5.07. The summed E-state index contributed by atoms with van der Waals surface area (Å²) < 4.78 is 0. The van der Waals surface area contributed by atoms with E-state index in [0.29, 0.717) is 16.5 Å². The number of nitrogens with one attached hydrogen (secondary N) is 1. The molecular formula is C17H16N6O2S. The van der Waals surface area contributed by atoms with E-state index in [4.69, 9.17) is 0 Å².